The van der Waals surface area contributed by atoms with Crippen LogP contribution in [0.15, 0.2) is 91.0 Å². The van der Waals surface area contributed by atoms with Gasteiger partial charge in [-0.05, 0) is 10.2 Å². The van der Waals surface area contributed by atoms with Crippen molar-refractivity contribution >= 4 is 74.8 Å². The Kier molecular flexibility index (Phi) is 36.7. The van der Waals surface area contributed by atoms with Crippen molar-refractivity contribution in [3.05, 3.63) is 91.0 Å². The van der Waals surface area contributed by atoms with Gasteiger partial charge in [-0.3, -0.25) is 0 Å². The highest BCUT2D eigenvalue weighted by Crippen LogP contribution is 1.84. The molecule has 3 aromatic carbocycles. The molecule has 0 bridgehead atoms. The second-order valence-electron chi connectivity index (χ2n) is 7.57. The van der Waals surface area contributed by atoms with E-state index < -0.39 is 0 Å². The van der Waals surface area contributed by atoms with E-state index >= 15 is 0 Å². The molecule has 0 aromatic heterocycles. The maximum atomic E-state index is 2.27. The van der Waals surface area contributed by atoms with E-state index in [4.69, 9.17) is 0 Å². The zero-order valence-corrected chi connectivity index (χ0v) is 33.6. The highest BCUT2D eigenvalue weighted by Gasteiger charge is 1.93. The van der Waals surface area contributed by atoms with Crippen LogP contribution in [0, 0.1) is 0 Å². The van der Waals surface area contributed by atoms with E-state index in [9.17, 15) is 0 Å². The van der Waals surface area contributed by atoms with Gasteiger partial charge in [0.2, 0.25) is 0 Å². The molecule has 0 radical (unpaired) electrons. The predicted octanol–water partition coefficient (Wildman–Crippen LogP) is 0.956. The van der Waals surface area contributed by atoms with Crippen molar-refractivity contribution in [1.82, 2.24) is 0 Å². The molecule has 0 atom stereocenters. The maximum absolute atomic E-state index is 2.27. The summed E-state index contributed by atoms with van der Waals surface area (Å²) in [6.45, 7) is 13.4. The summed E-state index contributed by atoms with van der Waals surface area (Å²) in [5, 5.41) is 4.48. The smallest absolute Gasteiger partial charge is 0.0777 e. The molecule has 186 valence electrons. The van der Waals surface area contributed by atoms with Crippen molar-refractivity contribution in [2.24, 2.45) is 0 Å². The Morgan fingerprint density at radius 2 is 0.879 bits per heavy atom. The van der Waals surface area contributed by atoms with Crippen molar-refractivity contribution in [3.8, 4) is 0 Å². The highest BCUT2D eigenvalue weighted by atomic mass is 28.2. The van der Waals surface area contributed by atoms with Crippen molar-refractivity contribution in [1.29, 1.82) is 0 Å². The summed E-state index contributed by atoms with van der Waals surface area (Å²) in [6, 6.07) is 36.3. The molecule has 0 nitrogen and oxygen atoms in total. The maximum Gasteiger partial charge on any atom is 0.0875 e. The Hall–Kier alpha value is -1.04. The Morgan fingerprint density at radius 3 is 1.06 bits per heavy atom. The number of rotatable bonds is 4. The zero-order valence-electron chi connectivity index (χ0n) is 23.4. The lowest BCUT2D eigenvalue weighted by molar-refractivity contribution is 1.36. The molecular formula is C27H54Si6. The molecule has 0 fully saturated rings. The Balaban J connectivity index is -0.000000383. The third-order valence-corrected chi connectivity index (χ3v) is 7.58. The molecule has 6 heteroatoms. The lowest BCUT2D eigenvalue weighted by Crippen LogP contribution is -2.26. The molecule has 0 spiro atoms. The summed E-state index contributed by atoms with van der Waals surface area (Å²) in [4.78, 5) is 0. The zero-order chi connectivity index (χ0) is 25.6. The van der Waals surface area contributed by atoms with E-state index in [2.05, 4.69) is 125 Å². The molecule has 0 heterocycles. The summed E-state index contributed by atoms with van der Waals surface area (Å²) in [5.74, 6) is 0. The minimum atomic E-state index is -0.234. The molecule has 33 heavy (non-hydrogen) atoms. The fourth-order valence-corrected chi connectivity index (χ4v) is 4.89. The van der Waals surface area contributed by atoms with Gasteiger partial charge in [0.15, 0.2) is 0 Å². The Bertz CT molecular complexity index is 637. The minimum absolute atomic E-state index is 0.234. The molecule has 3 rings (SSSR count). The average Bonchev–Trinajstić information content (AvgIpc) is 2.85. The third-order valence-electron chi connectivity index (χ3n) is 3.74. The van der Waals surface area contributed by atoms with E-state index in [1.54, 1.807) is 0 Å². The predicted molar refractivity (Wildman–Crippen MR) is 183 cm³/mol. The van der Waals surface area contributed by atoms with Crippen LogP contribution in [0.3, 0.4) is 0 Å². The molecule has 0 aliphatic heterocycles. The van der Waals surface area contributed by atoms with E-state index in [1.807, 2.05) is 6.07 Å². The van der Waals surface area contributed by atoms with E-state index in [-0.39, 0.29) is 9.52 Å². The van der Waals surface area contributed by atoms with Crippen LogP contribution in [0.2, 0.25) is 37.8 Å². The fraction of sp³-hybridized carbons (Fsp3) is 0.333. The molecule has 3 aromatic rings. The summed E-state index contributed by atoms with van der Waals surface area (Å²) < 4.78 is 0. The topological polar surface area (TPSA) is 0 Å². The molecule has 0 N–H and O–H groups in total. The number of hydrogen-bond acceptors (Lipinski definition) is 0. The van der Waals surface area contributed by atoms with Gasteiger partial charge in [-0.25, -0.2) is 0 Å². The van der Waals surface area contributed by atoms with Gasteiger partial charge in [-0.15, -0.1) is 0 Å². The van der Waals surface area contributed by atoms with E-state index in [0.29, 0.717) is 19.0 Å². The second-order valence-corrected chi connectivity index (χ2v) is 16.2. The van der Waals surface area contributed by atoms with Crippen molar-refractivity contribution < 1.29 is 0 Å². The van der Waals surface area contributed by atoms with Gasteiger partial charge in [0.1, 0.15) is 0 Å². The lowest BCUT2D eigenvalue weighted by atomic mass is 10.4. The molecule has 0 unspecified atom stereocenters. The van der Waals surface area contributed by atoms with Gasteiger partial charge >= 0.3 is 0 Å². The SMILES string of the molecule is CC[SiH2]CC.CC[SiH3].C[SiH2]C.C[SiH3].[SiH3]c1ccccc1.c1ccc([SiH2]c2ccccc2)cc1. The minimum Gasteiger partial charge on any atom is -0.0777 e. The van der Waals surface area contributed by atoms with Crippen LogP contribution in [0.1, 0.15) is 20.8 Å². The molecule has 0 aliphatic carbocycles. The van der Waals surface area contributed by atoms with Gasteiger partial charge in [-0.1, -0.05) is 165 Å². The third kappa shape index (κ3) is 31.0. The Labute approximate surface area is 223 Å². The van der Waals surface area contributed by atoms with Gasteiger partial charge < -0.3 is 0 Å². The standard InChI is InChI=1S/C12H12Si.C6H8Si.C4H12Si.2C2H8Si.CH6Si/c1-3-7-11(8-4-1)13-12-9-5-2-6-10-12;7-6-4-2-1-3-5-6;1-3-5-4-2;1-3-2;1-2-3;1-2/h1-10H,13H2;1-5H,7H3;3-5H2,1-2H3;3H2,1-2H3;2H2,1,3H3;1-2H3. The summed E-state index contributed by atoms with van der Waals surface area (Å²) in [7, 11) is 4.46. The average molecular weight is 547 g/mol. The first-order chi connectivity index (χ1) is 16.1. The fourth-order valence-electron chi connectivity index (χ4n) is 2.32. The van der Waals surface area contributed by atoms with E-state index in [0.717, 1.165) is 0 Å². The first-order valence-corrected chi connectivity index (χ1v) is 23.8. The summed E-state index contributed by atoms with van der Waals surface area (Å²) >= 11 is 0. The van der Waals surface area contributed by atoms with Gasteiger partial charge in [0.05, 0.1) is 9.52 Å². The van der Waals surface area contributed by atoms with Crippen LogP contribution in [-0.2, 0) is 0 Å². The molecular weight excluding hydrogens is 493 g/mol. The van der Waals surface area contributed by atoms with Crippen LogP contribution in [0.5, 0.6) is 0 Å². The molecule has 0 amide bonds. The van der Waals surface area contributed by atoms with Crippen molar-refractivity contribution in [3.63, 3.8) is 0 Å². The van der Waals surface area contributed by atoms with Crippen LogP contribution in [-0.4, -0.2) is 59.3 Å². The Morgan fingerprint density at radius 1 is 0.606 bits per heavy atom. The van der Waals surface area contributed by atoms with Gasteiger partial charge in [0.25, 0.3) is 0 Å². The first-order valence-electron chi connectivity index (χ1n) is 13.2. The van der Waals surface area contributed by atoms with Gasteiger partial charge in [-0.2, -0.15) is 0 Å². The van der Waals surface area contributed by atoms with Crippen LogP contribution in [0.4, 0.5) is 0 Å². The van der Waals surface area contributed by atoms with Gasteiger partial charge in [0, 0.05) is 39.5 Å². The highest BCUT2D eigenvalue weighted by molar-refractivity contribution is 6.67. The lowest BCUT2D eigenvalue weighted by Gasteiger charge is -1.99. The first kappa shape index (κ1) is 36.5. The van der Waals surface area contributed by atoms with Crippen molar-refractivity contribution in [2.45, 2.75) is 58.5 Å². The number of benzene rings is 3. The molecule has 0 aliphatic rings. The summed E-state index contributed by atoms with van der Waals surface area (Å²) in [5.41, 5.74) is 0. The summed E-state index contributed by atoms with van der Waals surface area (Å²) in [6.07, 6.45) is 0. The van der Waals surface area contributed by atoms with Crippen LogP contribution < -0.4 is 15.6 Å². The monoisotopic (exact) mass is 546 g/mol. The quantitative estimate of drug-likeness (QED) is 0.428. The normalized spacial score (nSPS) is 8.55. The largest absolute Gasteiger partial charge is 0.0875 e. The van der Waals surface area contributed by atoms with E-state index in [1.165, 1.54) is 64.4 Å². The number of hydrogen-bond donors (Lipinski definition) is 0. The molecule has 0 saturated carbocycles. The van der Waals surface area contributed by atoms with Crippen LogP contribution in [0.25, 0.3) is 0 Å². The van der Waals surface area contributed by atoms with Crippen LogP contribution >= 0.6 is 0 Å². The second kappa shape index (κ2) is 33.1. The van der Waals surface area contributed by atoms with Crippen molar-refractivity contribution in [2.75, 3.05) is 0 Å². The molecule has 0 saturated heterocycles.